The Balaban J connectivity index is 2.58. The Hall–Kier alpha value is -0.940. The van der Waals surface area contributed by atoms with Crippen LogP contribution in [0.15, 0.2) is 17.0 Å². The van der Waals surface area contributed by atoms with Gasteiger partial charge in [0, 0.05) is 10.6 Å². The molecule has 18 heavy (non-hydrogen) atoms. The van der Waals surface area contributed by atoms with E-state index >= 15 is 0 Å². The molecule has 0 spiro atoms. The van der Waals surface area contributed by atoms with Crippen LogP contribution in [0.3, 0.4) is 0 Å². The van der Waals surface area contributed by atoms with E-state index in [2.05, 4.69) is 0 Å². The lowest BCUT2D eigenvalue weighted by atomic mass is 10.3. The minimum Gasteiger partial charge on any atom is -0.495 e. The van der Waals surface area contributed by atoms with Gasteiger partial charge in [0.2, 0.25) is 0 Å². The molecule has 0 unspecified atom stereocenters. The number of rotatable bonds is 6. The number of methoxy groups -OCH3 is 1. The average molecular weight is 293 g/mol. The number of halogens is 2. The molecule has 6 heteroatoms. The Morgan fingerprint density at radius 2 is 2.22 bits per heavy atom. The fourth-order valence-corrected chi connectivity index (χ4v) is 2.44. The summed E-state index contributed by atoms with van der Waals surface area (Å²) in [5.74, 6) is -0.0721. The topological polar surface area (TPSA) is 35.5 Å². The van der Waals surface area contributed by atoms with Crippen molar-refractivity contribution in [2.45, 2.75) is 18.2 Å². The van der Waals surface area contributed by atoms with Crippen LogP contribution in [-0.4, -0.2) is 25.4 Å². The van der Waals surface area contributed by atoms with E-state index < -0.39 is 5.82 Å². The maximum absolute atomic E-state index is 13.8. The maximum Gasteiger partial charge on any atom is 0.306 e. The van der Waals surface area contributed by atoms with Gasteiger partial charge >= 0.3 is 5.97 Å². The van der Waals surface area contributed by atoms with Gasteiger partial charge in [0.1, 0.15) is 10.8 Å². The van der Waals surface area contributed by atoms with Gasteiger partial charge in [0.05, 0.1) is 20.1 Å². The van der Waals surface area contributed by atoms with E-state index in [0.717, 1.165) is 0 Å². The minimum atomic E-state index is -0.523. The van der Waals surface area contributed by atoms with Crippen molar-refractivity contribution in [1.82, 2.24) is 0 Å². The van der Waals surface area contributed by atoms with Gasteiger partial charge in [0.15, 0.2) is 5.82 Å². The number of ether oxygens (including phenoxy) is 2. The van der Waals surface area contributed by atoms with Gasteiger partial charge in [-0.1, -0.05) is 11.6 Å². The molecule has 0 N–H and O–H groups in total. The highest BCUT2D eigenvalue weighted by Gasteiger charge is 2.13. The molecule has 1 aromatic carbocycles. The number of carbonyl (C=O) groups excluding carboxylic acids is 1. The summed E-state index contributed by atoms with van der Waals surface area (Å²) in [7, 11) is 1.42. The Kier molecular flexibility index (Phi) is 6.29. The van der Waals surface area contributed by atoms with Gasteiger partial charge < -0.3 is 9.47 Å². The molecule has 0 heterocycles. The highest BCUT2D eigenvalue weighted by molar-refractivity contribution is 7.99. The summed E-state index contributed by atoms with van der Waals surface area (Å²) in [6, 6.07) is 3.17. The van der Waals surface area contributed by atoms with Crippen molar-refractivity contribution in [2.75, 3.05) is 19.5 Å². The summed E-state index contributed by atoms with van der Waals surface area (Å²) in [5.41, 5.74) is 0. The second kappa shape index (κ2) is 7.48. The molecule has 0 aliphatic rings. The first kappa shape index (κ1) is 15.1. The zero-order chi connectivity index (χ0) is 13.5. The number of hydrogen-bond acceptors (Lipinski definition) is 4. The summed E-state index contributed by atoms with van der Waals surface area (Å²) < 4.78 is 23.5. The first-order valence-corrected chi connectivity index (χ1v) is 6.76. The van der Waals surface area contributed by atoms with Gasteiger partial charge in [0.25, 0.3) is 0 Å². The number of hydrogen-bond donors (Lipinski definition) is 0. The molecule has 0 bridgehead atoms. The number of benzene rings is 1. The van der Waals surface area contributed by atoms with E-state index in [4.69, 9.17) is 21.1 Å². The molecule has 0 fully saturated rings. The van der Waals surface area contributed by atoms with Gasteiger partial charge in [-0.2, -0.15) is 0 Å². The molecule has 0 atom stereocenters. The average Bonchev–Trinajstić information content (AvgIpc) is 2.35. The molecule has 0 aliphatic carbocycles. The predicted octanol–water partition coefficient (Wildman–Crippen LogP) is 3.53. The summed E-state index contributed by atoms with van der Waals surface area (Å²) in [5, 5.41) is -0.0429. The zero-order valence-electron chi connectivity index (χ0n) is 10.2. The molecule has 100 valence electrons. The lowest BCUT2D eigenvalue weighted by Crippen LogP contribution is -2.04. The minimum absolute atomic E-state index is 0.0429. The highest BCUT2D eigenvalue weighted by Crippen LogP contribution is 2.34. The van der Waals surface area contributed by atoms with Crippen molar-refractivity contribution in [3.63, 3.8) is 0 Å². The van der Waals surface area contributed by atoms with Crippen LogP contribution in [0.25, 0.3) is 0 Å². The van der Waals surface area contributed by atoms with Crippen LogP contribution >= 0.6 is 23.4 Å². The molecule has 3 nitrogen and oxygen atoms in total. The van der Waals surface area contributed by atoms with Crippen molar-refractivity contribution in [2.24, 2.45) is 0 Å². The molecule has 1 aromatic rings. The van der Waals surface area contributed by atoms with E-state index in [1.807, 2.05) is 0 Å². The number of esters is 1. The third-order valence-electron chi connectivity index (χ3n) is 2.10. The molecule has 0 saturated heterocycles. The fraction of sp³-hybridized carbons (Fsp3) is 0.417. The van der Waals surface area contributed by atoms with Crippen LogP contribution in [0.5, 0.6) is 5.75 Å². The summed E-state index contributed by atoms with van der Waals surface area (Å²) in [6.07, 6.45) is 0.238. The standard InChI is InChI=1S/C12H14ClFO3S/c1-3-17-10(15)6-7-18-9-5-4-8(16-2)11(13)12(9)14/h4-5H,3,6-7H2,1-2H3. The van der Waals surface area contributed by atoms with Crippen LogP contribution in [-0.2, 0) is 9.53 Å². The lowest BCUT2D eigenvalue weighted by Gasteiger charge is -2.08. The Morgan fingerprint density at radius 1 is 1.50 bits per heavy atom. The van der Waals surface area contributed by atoms with Gasteiger partial charge in [-0.05, 0) is 19.1 Å². The number of carbonyl (C=O) groups is 1. The predicted molar refractivity (Wildman–Crippen MR) is 69.9 cm³/mol. The molecule has 0 saturated carbocycles. The van der Waals surface area contributed by atoms with Crippen molar-refractivity contribution < 1.29 is 18.7 Å². The molecule has 0 amide bonds. The Morgan fingerprint density at radius 3 is 2.83 bits per heavy atom. The molecule has 0 aliphatic heterocycles. The van der Waals surface area contributed by atoms with Crippen molar-refractivity contribution in [3.8, 4) is 5.75 Å². The number of thioether (sulfide) groups is 1. The normalized spacial score (nSPS) is 10.2. The van der Waals surface area contributed by atoms with Crippen molar-refractivity contribution >= 4 is 29.3 Å². The second-order valence-electron chi connectivity index (χ2n) is 3.30. The fourth-order valence-electron chi connectivity index (χ4n) is 1.26. The summed E-state index contributed by atoms with van der Waals surface area (Å²) in [6.45, 7) is 2.10. The molecule has 0 aromatic heterocycles. The van der Waals surface area contributed by atoms with E-state index in [1.165, 1.54) is 18.9 Å². The summed E-state index contributed by atoms with van der Waals surface area (Å²) in [4.78, 5) is 11.5. The lowest BCUT2D eigenvalue weighted by molar-refractivity contribution is -0.142. The van der Waals surface area contributed by atoms with E-state index in [-0.39, 0.29) is 17.4 Å². The second-order valence-corrected chi connectivity index (χ2v) is 4.81. The quantitative estimate of drug-likeness (QED) is 0.593. The highest BCUT2D eigenvalue weighted by atomic mass is 35.5. The smallest absolute Gasteiger partial charge is 0.306 e. The molecule has 0 radical (unpaired) electrons. The first-order valence-electron chi connectivity index (χ1n) is 5.40. The van der Waals surface area contributed by atoms with Crippen molar-refractivity contribution in [3.05, 3.63) is 23.0 Å². The van der Waals surface area contributed by atoms with Gasteiger partial charge in [-0.3, -0.25) is 4.79 Å². The largest absolute Gasteiger partial charge is 0.495 e. The summed E-state index contributed by atoms with van der Waals surface area (Å²) >= 11 is 7.00. The van der Waals surface area contributed by atoms with Gasteiger partial charge in [-0.15, -0.1) is 11.8 Å². The monoisotopic (exact) mass is 292 g/mol. The molecule has 1 rings (SSSR count). The molecular weight excluding hydrogens is 279 g/mol. The van der Waals surface area contributed by atoms with Crippen molar-refractivity contribution in [1.29, 1.82) is 0 Å². The van der Waals surface area contributed by atoms with Crippen LogP contribution < -0.4 is 4.74 Å². The SMILES string of the molecule is CCOC(=O)CCSc1ccc(OC)c(Cl)c1F. The van der Waals surface area contributed by atoms with Gasteiger partial charge in [-0.25, -0.2) is 4.39 Å². The van der Waals surface area contributed by atoms with E-state index in [1.54, 1.807) is 19.1 Å². The van der Waals surface area contributed by atoms with Crippen LogP contribution in [0.4, 0.5) is 4.39 Å². The molecular formula is C12H14ClFO3S. The van der Waals surface area contributed by atoms with Crippen LogP contribution in [0, 0.1) is 5.82 Å². The Bertz CT molecular complexity index is 426. The first-order chi connectivity index (χ1) is 8.60. The van der Waals surface area contributed by atoms with Crippen LogP contribution in [0.1, 0.15) is 13.3 Å². The third-order valence-corrected chi connectivity index (χ3v) is 3.49. The van der Waals surface area contributed by atoms with E-state index in [9.17, 15) is 9.18 Å². The maximum atomic E-state index is 13.8. The van der Waals surface area contributed by atoms with E-state index in [0.29, 0.717) is 23.0 Å². The van der Waals surface area contributed by atoms with Crippen LogP contribution in [0.2, 0.25) is 5.02 Å². The zero-order valence-corrected chi connectivity index (χ0v) is 11.7. The third kappa shape index (κ3) is 4.07. The Labute approximate surface area is 115 Å².